The molecule has 9 heteroatoms. The number of amides is 1. The third-order valence-electron chi connectivity index (χ3n) is 5.85. The summed E-state index contributed by atoms with van der Waals surface area (Å²) in [7, 11) is 1.35. The molecule has 1 amide bonds. The summed E-state index contributed by atoms with van der Waals surface area (Å²) in [4.78, 5) is 28.5. The van der Waals surface area contributed by atoms with Gasteiger partial charge in [0.1, 0.15) is 5.75 Å². The zero-order valence-corrected chi connectivity index (χ0v) is 18.6. The average molecular weight is 462 g/mol. The van der Waals surface area contributed by atoms with Crippen molar-refractivity contribution in [3.05, 3.63) is 48.0 Å². The first kappa shape index (κ1) is 22.9. The van der Waals surface area contributed by atoms with Crippen LogP contribution in [-0.2, 0) is 20.5 Å². The van der Waals surface area contributed by atoms with Crippen molar-refractivity contribution in [3.8, 4) is 5.75 Å². The normalized spacial score (nSPS) is 18.6. The fourth-order valence-electron chi connectivity index (χ4n) is 4.11. The first-order chi connectivity index (χ1) is 15.6. The number of methoxy groups -OCH3 is 1. The third-order valence-corrected chi connectivity index (χ3v) is 5.85. The fourth-order valence-corrected chi connectivity index (χ4v) is 4.11. The molecule has 0 aliphatic carbocycles. The molecule has 2 heterocycles. The summed E-state index contributed by atoms with van der Waals surface area (Å²) >= 11 is 0. The number of fused-ring (bicyclic) bond motifs is 1. The lowest BCUT2D eigenvalue weighted by molar-refractivity contribution is -0.146. The van der Waals surface area contributed by atoms with E-state index in [2.05, 4.69) is 0 Å². The molecular weight excluding hydrogens is 437 g/mol. The van der Waals surface area contributed by atoms with E-state index in [1.165, 1.54) is 18.1 Å². The quantitative estimate of drug-likeness (QED) is 0.599. The summed E-state index contributed by atoms with van der Waals surface area (Å²) in [5.74, 6) is -0.674. The highest BCUT2D eigenvalue weighted by Crippen LogP contribution is 2.44. The molecule has 6 nitrogen and oxygen atoms in total. The number of hydrogen-bond donors (Lipinski definition) is 0. The maximum atomic E-state index is 13.4. The molecule has 1 atom stereocenters. The highest BCUT2D eigenvalue weighted by atomic mass is 19.4. The fraction of sp³-hybridized carbons (Fsp3) is 0.417. The van der Waals surface area contributed by atoms with Crippen LogP contribution in [0.3, 0.4) is 0 Å². The lowest BCUT2D eigenvalue weighted by Crippen LogP contribution is -2.51. The maximum absolute atomic E-state index is 13.4. The van der Waals surface area contributed by atoms with Gasteiger partial charge in [-0.3, -0.25) is 14.5 Å². The molecular formula is C24H25F3N2O4. The van der Waals surface area contributed by atoms with Crippen LogP contribution in [0.25, 0.3) is 0 Å². The molecule has 0 N–H and O–H groups in total. The minimum absolute atomic E-state index is 0.0233. The summed E-state index contributed by atoms with van der Waals surface area (Å²) in [6.45, 7) is 4.83. The van der Waals surface area contributed by atoms with Crippen LogP contribution in [0, 0.1) is 11.8 Å². The van der Waals surface area contributed by atoms with Crippen LogP contribution in [0.5, 0.6) is 5.75 Å². The highest BCUT2D eigenvalue weighted by Gasteiger charge is 2.39. The zero-order valence-electron chi connectivity index (χ0n) is 18.6. The first-order valence-electron chi connectivity index (χ1n) is 10.7. The number of carbonyl (C=O) groups is 2. The first-order valence-corrected chi connectivity index (χ1v) is 10.7. The highest BCUT2D eigenvalue weighted by molar-refractivity contribution is 6.06. The van der Waals surface area contributed by atoms with E-state index in [-0.39, 0.29) is 35.1 Å². The molecule has 2 aliphatic rings. The Morgan fingerprint density at radius 1 is 1.15 bits per heavy atom. The van der Waals surface area contributed by atoms with Crippen LogP contribution in [-0.4, -0.2) is 38.2 Å². The molecule has 2 aromatic carbocycles. The summed E-state index contributed by atoms with van der Waals surface area (Å²) in [5.41, 5.74) is 0.765. The zero-order chi connectivity index (χ0) is 23.9. The van der Waals surface area contributed by atoms with E-state index in [4.69, 9.17) is 9.47 Å². The predicted octanol–water partition coefficient (Wildman–Crippen LogP) is 4.79. The van der Waals surface area contributed by atoms with E-state index in [1.807, 2.05) is 24.8 Å². The van der Waals surface area contributed by atoms with Crippen molar-refractivity contribution in [2.45, 2.75) is 32.5 Å². The van der Waals surface area contributed by atoms with Gasteiger partial charge in [0.2, 0.25) is 0 Å². The van der Waals surface area contributed by atoms with Gasteiger partial charge in [-0.05, 0) is 48.7 Å². The molecule has 33 heavy (non-hydrogen) atoms. The summed E-state index contributed by atoms with van der Waals surface area (Å²) < 4.78 is 50.4. The van der Waals surface area contributed by atoms with Crippen LogP contribution >= 0.6 is 0 Å². The van der Waals surface area contributed by atoms with E-state index < -0.39 is 17.8 Å². The number of esters is 1. The summed E-state index contributed by atoms with van der Waals surface area (Å²) in [6.07, 6.45) is -5.04. The second-order valence-corrected chi connectivity index (χ2v) is 8.73. The summed E-state index contributed by atoms with van der Waals surface area (Å²) in [6, 6.07) is 10.3. The number of alkyl halides is 3. The minimum atomic E-state index is -4.52. The molecule has 0 spiro atoms. The monoisotopic (exact) mass is 462 g/mol. The molecule has 1 saturated heterocycles. The lowest BCUT2D eigenvalue weighted by atomic mass is 9.99. The minimum Gasteiger partial charge on any atom is -0.478 e. The van der Waals surface area contributed by atoms with E-state index >= 15 is 0 Å². The molecule has 0 aromatic heterocycles. The Kier molecular flexibility index (Phi) is 5.99. The van der Waals surface area contributed by atoms with Crippen molar-refractivity contribution < 1.29 is 32.2 Å². The Balaban J connectivity index is 1.69. The molecule has 2 aromatic rings. The molecule has 176 valence electrons. The Hall–Kier alpha value is -3.23. The predicted molar refractivity (Wildman–Crippen MR) is 117 cm³/mol. The van der Waals surface area contributed by atoms with E-state index in [0.717, 1.165) is 17.8 Å². The SMILES string of the molecule is COC(=O)C1CN(c2cccc(N3C(=O)C(CC(C)C)Oc4cc(C(F)(F)F)ccc43)c2)C1. The molecule has 4 rings (SSSR count). The third kappa shape index (κ3) is 4.49. The topological polar surface area (TPSA) is 59.1 Å². The van der Waals surface area contributed by atoms with Gasteiger partial charge < -0.3 is 14.4 Å². The van der Waals surface area contributed by atoms with Gasteiger partial charge in [-0.2, -0.15) is 13.2 Å². The molecule has 0 saturated carbocycles. The van der Waals surface area contributed by atoms with Crippen molar-refractivity contribution in [1.29, 1.82) is 0 Å². The molecule has 0 radical (unpaired) electrons. The largest absolute Gasteiger partial charge is 0.478 e. The Bertz CT molecular complexity index is 1060. The van der Waals surface area contributed by atoms with Gasteiger partial charge in [-0.25, -0.2) is 0 Å². The number of rotatable bonds is 5. The average Bonchev–Trinajstić information content (AvgIpc) is 2.72. The lowest BCUT2D eigenvalue weighted by Gasteiger charge is -2.40. The van der Waals surface area contributed by atoms with Gasteiger partial charge in [0, 0.05) is 18.8 Å². The molecule has 0 bridgehead atoms. The number of hydrogen-bond acceptors (Lipinski definition) is 5. The van der Waals surface area contributed by atoms with Crippen molar-refractivity contribution in [2.75, 3.05) is 30.0 Å². The Morgan fingerprint density at radius 3 is 2.48 bits per heavy atom. The van der Waals surface area contributed by atoms with Crippen LogP contribution in [0.2, 0.25) is 0 Å². The number of anilines is 3. The molecule has 1 unspecified atom stereocenters. The Labute approximate surface area is 189 Å². The molecule has 1 fully saturated rings. The number of benzene rings is 2. The van der Waals surface area contributed by atoms with Gasteiger partial charge >= 0.3 is 12.1 Å². The van der Waals surface area contributed by atoms with Crippen molar-refractivity contribution in [2.24, 2.45) is 11.8 Å². The molecule has 2 aliphatic heterocycles. The van der Waals surface area contributed by atoms with Gasteiger partial charge in [0.05, 0.1) is 30.0 Å². The van der Waals surface area contributed by atoms with Crippen molar-refractivity contribution in [3.63, 3.8) is 0 Å². The number of ether oxygens (including phenoxy) is 2. The van der Waals surface area contributed by atoms with E-state index in [0.29, 0.717) is 25.2 Å². The second-order valence-electron chi connectivity index (χ2n) is 8.73. The number of halogens is 3. The van der Waals surface area contributed by atoms with Gasteiger partial charge in [-0.1, -0.05) is 19.9 Å². The number of carbonyl (C=O) groups excluding carboxylic acids is 2. The van der Waals surface area contributed by atoms with Gasteiger partial charge in [0.25, 0.3) is 5.91 Å². The van der Waals surface area contributed by atoms with E-state index in [1.54, 1.807) is 18.2 Å². The maximum Gasteiger partial charge on any atom is 0.416 e. The van der Waals surface area contributed by atoms with E-state index in [9.17, 15) is 22.8 Å². The van der Waals surface area contributed by atoms with Crippen LogP contribution in [0.4, 0.5) is 30.2 Å². The standard InChI is InChI=1S/C24H25F3N2O4/c1-14(2)9-21-22(30)29(19-8-7-16(24(25,26)27)10-20(19)33-21)18-6-4-5-17(11-18)28-12-15(13-28)23(31)32-3/h4-8,10-11,14-15,21H,9,12-13H2,1-3H3. The van der Waals surface area contributed by atoms with Gasteiger partial charge in [-0.15, -0.1) is 0 Å². The second kappa shape index (κ2) is 8.61. The Morgan fingerprint density at radius 2 is 1.85 bits per heavy atom. The number of nitrogens with zero attached hydrogens (tertiary/aromatic N) is 2. The van der Waals surface area contributed by atoms with Crippen molar-refractivity contribution in [1.82, 2.24) is 0 Å². The van der Waals surface area contributed by atoms with Crippen LogP contribution in [0.15, 0.2) is 42.5 Å². The van der Waals surface area contributed by atoms with Crippen LogP contribution in [0.1, 0.15) is 25.8 Å². The summed E-state index contributed by atoms with van der Waals surface area (Å²) in [5, 5.41) is 0. The smallest absolute Gasteiger partial charge is 0.416 e. The van der Waals surface area contributed by atoms with Crippen LogP contribution < -0.4 is 14.5 Å². The van der Waals surface area contributed by atoms with Crippen molar-refractivity contribution >= 4 is 28.9 Å². The van der Waals surface area contributed by atoms with Gasteiger partial charge in [0.15, 0.2) is 6.10 Å².